The smallest absolute Gasteiger partial charge is 0.550 e. The Bertz CT molecular complexity index is 337. The third-order valence-electron chi connectivity index (χ3n) is 1.42. The van der Waals surface area contributed by atoms with Crippen LogP contribution in [0.25, 0.3) is 0 Å². The van der Waals surface area contributed by atoms with E-state index in [1.165, 1.54) is 0 Å². The van der Waals surface area contributed by atoms with Crippen molar-refractivity contribution in [3.63, 3.8) is 0 Å². The summed E-state index contributed by atoms with van der Waals surface area (Å²) in [6.45, 7) is 1.63. The quantitative estimate of drug-likeness (QED) is 0.290. The maximum atomic E-state index is 11.0. The number of hydrogen-bond acceptors (Lipinski definition) is 6. The molecule has 0 aromatic carbocycles. The van der Waals surface area contributed by atoms with Gasteiger partial charge in [-0.15, -0.1) is 0 Å². The maximum Gasteiger partial charge on any atom is 1.00 e. The zero-order valence-electron chi connectivity index (χ0n) is 9.00. The van der Waals surface area contributed by atoms with Gasteiger partial charge in [0.25, 0.3) is 10.1 Å². The molecule has 0 bridgehead atoms. The molecule has 0 rings (SSSR count). The van der Waals surface area contributed by atoms with E-state index in [0.29, 0.717) is 6.42 Å². The predicted octanol–water partition coefficient (Wildman–Crippen LogP) is -4.66. The van der Waals surface area contributed by atoms with E-state index in [2.05, 4.69) is 4.74 Å². The van der Waals surface area contributed by atoms with E-state index in [4.69, 9.17) is 4.55 Å². The van der Waals surface area contributed by atoms with Crippen molar-refractivity contribution in [2.24, 2.45) is 0 Å². The fraction of sp³-hybridized carbons (Fsp3) is 0.714. The molecule has 9 heteroatoms. The first-order chi connectivity index (χ1) is 6.79. The molecule has 0 radical (unpaired) electrons. The Morgan fingerprint density at radius 3 is 2.25 bits per heavy atom. The molecule has 88 valence electrons. The molecule has 0 aromatic heterocycles. The van der Waals surface area contributed by atoms with Gasteiger partial charge < -0.3 is 14.6 Å². The van der Waals surface area contributed by atoms with Gasteiger partial charge in [0.15, 0.2) is 5.25 Å². The Labute approximate surface area is 115 Å². The van der Waals surface area contributed by atoms with Crippen LogP contribution in [0, 0.1) is 0 Å². The fourth-order valence-corrected chi connectivity index (χ4v) is 1.42. The number of carboxylic acid groups (broad SMARTS) is 1. The van der Waals surface area contributed by atoms with E-state index >= 15 is 0 Å². The number of hydrogen-bond donors (Lipinski definition) is 1. The van der Waals surface area contributed by atoms with Crippen molar-refractivity contribution in [1.82, 2.24) is 0 Å². The topological polar surface area (TPSA) is 121 Å². The standard InChI is InChI=1S/C7H12O7S.Na/c1-2-3-14-7(10)5(4-6(8)9)15(11,12)13;/h5H,2-4H2,1H3,(H,8,9)(H,11,12,13);/q;+1/p-1. The van der Waals surface area contributed by atoms with Crippen molar-refractivity contribution < 1.29 is 62.0 Å². The summed E-state index contributed by atoms with van der Waals surface area (Å²) in [5, 5.41) is 8.02. The largest absolute Gasteiger partial charge is 1.00 e. The normalized spacial score (nSPS) is 12.4. The number of rotatable bonds is 6. The van der Waals surface area contributed by atoms with Crippen LogP contribution in [-0.4, -0.2) is 36.8 Å². The van der Waals surface area contributed by atoms with Gasteiger partial charge in [-0.05, 0) is 6.42 Å². The third-order valence-corrected chi connectivity index (χ3v) is 2.50. The van der Waals surface area contributed by atoms with Gasteiger partial charge in [-0.2, -0.15) is 8.42 Å². The van der Waals surface area contributed by atoms with Gasteiger partial charge >= 0.3 is 35.5 Å². The van der Waals surface area contributed by atoms with Crippen molar-refractivity contribution in [2.45, 2.75) is 25.0 Å². The van der Waals surface area contributed by atoms with Crippen LogP contribution in [0.5, 0.6) is 0 Å². The summed E-state index contributed by atoms with van der Waals surface area (Å²) in [5.74, 6) is -3.05. The Kier molecular flexibility index (Phi) is 9.13. The van der Waals surface area contributed by atoms with Crippen LogP contribution >= 0.6 is 0 Å². The van der Waals surface area contributed by atoms with E-state index in [1.807, 2.05) is 0 Å². The zero-order chi connectivity index (χ0) is 12.1. The second-order valence-corrected chi connectivity index (χ2v) is 4.35. The van der Waals surface area contributed by atoms with Crippen LogP contribution in [0.1, 0.15) is 19.8 Å². The molecular formula is C7H11NaO7S. The van der Waals surface area contributed by atoms with Crippen molar-refractivity contribution in [1.29, 1.82) is 0 Å². The van der Waals surface area contributed by atoms with E-state index in [-0.39, 0.29) is 36.2 Å². The van der Waals surface area contributed by atoms with Crippen molar-refractivity contribution in [3.05, 3.63) is 0 Å². The summed E-state index contributed by atoms with van der Waals surface area (Å²) in [4.78, 5) is 21.2. The average molecular weight is 262 g/mol. The van der Waals surface area contributed by atoms with E-state index in [0.717, 1.165) is 0 Å². The van der Waals surface area contributed by atoms with Crippen molar-refractivity contribution >= 4 is 22.1 Å². The van der Waals surface area contributed by atoms with E-state index < -0.39 is 33.7 Å². The number of carbonyl (C=O) groups excluding carboxylic acids is 2. The van der Waals surface area contributed by atoms with Crippen LogP contribution in [0.4, 0.5) is 0 Å². The molecule has 0 aliphatic carbocycles. The third kappa shape index (κ3) is 7.18. The number of ether oxygens (including phenoxy) is 1. The molecule has 1 N–H and O–H groups in total. The first kappa shape index (κ1) is 18.2. The molecule has 1 unspecified atom stereocenters. The molecule has 0 aliphatic rings. The number of aliphatic carboxylic acids is 1. The monoisotopic (exact) mass is 262 g/mol. The number of carbonyl (C=O) groups is 2. The zero-order valence-corrected chi connectivity index (χ0v) is 11.8. The van der Waals surface area contributed by atoms with Gasteiger partial charge in [0.05, 0.1) is 6.61 Å². The Morgan fingerprint density at radius 1 is 1.44 bits per heavy atom. The van der Waals surface area contributed by atoms with E-state index in [1.54, 1.807) is 6.92 Å². The summed E-state index contributed by atoms with van der Waals surface area (Å²) < 4.78 is 34.3. The van der Waals surface area contributed by atoms with Crippen LogP contribution in [-0.2, 0) is 24.4 Å². The summed E-state index contributed by atoms with van der Waals surface area (Å²) >= 11 is 0. The van der Waals surface area contributed by atoms with Gasteiger partial charge in [0.1, 0.15) is 0 Å². The summed E-state index contributed by atoms with van der Waals surface area (Å²) in [7, 11) is -4.79. The summed E-state index contributed by atoms with van der Waals surface area (Å²) in [6, 6.07) is 0. The molecule has 0 heterocycles. The second kappa shape index (κ2) is 8.02. The van der Waals surface area contributed by atoms with Gasteiger partial charge in [-0.25, -0.2) is 0 Å². The van der Waals surface area contributed by atoms with Crippen molar-refractivity contribution in [3.8, 4) is 0 Å². The van der Waals surface area contributed by atoms with Crippen LogP contribution in [0.15, 0.2) is 0 Å². The molecule has 0 amide bonds. The molecule has 0 fully saturated rings. The van der Waals surface area contributed by atoms with E-state index in [9.17, 15) is 23.1 Å². The molecule has 0 aliphatic heterocycles. The van der Waals surface area contributed by atoms with Gasteiger partial charge in [0, 0.05) is 12.4 Å². The first-order valence-electron chi connectivity index (χ1n) is 4.11. The Balaban J connectivity index is 0. The SMILES string of the molecule is CCCOC(=O)C(CC(=O)[O-])S(=O)(=O)O.[Na+]. The molecule has 0 saturated carbocycles. The van der Waals surface area contributed by atoms with Gasteiger partial charge in [0.2, 0.25) is 0 Å². The van der Waals surface area contributed by atoms with Gasteiger partial charge in [-0.1, -0.05) is 6.92 Å². The van der Waals surface area contributed by atoms with Crippen molar-refractivity contribution in [2.75, 3.05) is 6.61 Å². The summed E-state index contributed by atoms with van der Waals surface area (Å²) in [6.07, 6.45) is -0.670. The minimum Gasteiger partial charge on any atom is -0.550 e. The first-order valence-corrected chi connectivity index (χ1v) is 5.62. The molecule has 1 atom stereocenters. The van der Waals surface area contributed by atoms with Crippen LogP contribution in [0.2, 0.25) is 0 Å². The molecular weight excluding hydrogens is 251 g/mol. The molecule has 0 saturated heterocycles. The maximum absolute atomic E-state index is 11.0. The van der Waals surface area contributed by atoms with Gasteiger partial charge in [-0.3, -0.25) is 9.35 Å². The Hall–Kier alpha value is -0.150. The average Bonchev–Trinajstić information content (AvgIpc) is 2.08. The molecule has 7 nitrogen and oxygen atoms in total. The predicted molar refractivity (Wildman–Crippen MR) is 46.2 cm³/mol. The van der Waals surface area contributed by atoms with Crippen LogP contribution in [0.3, 0.4) is 0 Å². The number of esters is 1. The Morgan fingerprint density at radius 2 is 1.94 bits per heavy atom. The number of carboxylic acids is 1. The summed E-state index contributed by atoms with van der Waals surface area (Å²) in [5.41, 5.74) is 0. The minimum absolute atomic E-state index is 0. The fourth-order valence-electron chi connectivity index (χ4n) is 0.757. The van der Waals surface area contributed by atoms with Crippen LogP contribution < -0.4 is 34.7 Å². The molecule has 0 aromatic rings. The second-order valence-electron chi connectivity index (χ2n) is 2.75. The molecule has 0 spiro atoms. The minimum atomic E-state index is -4.79. The molecule has 16 heavy (non-hydrogen) atoms.